The van der Waals surface area contributed by atoms with Crippen LogP contribution in [-0.4, -0.2) is 19.8 Å². The molecule has 0 aromatic heterocycles. The highest BCUT2D eigenvalue weighted by Crippen LogP contribution is 2.44. The molecule has 13 heavy (non-hydrogen) atoms. The average molecular weight is 185 g/mol. The fraction of sp³-hybridized carbons (Fsp3) is 1.00. The standard InChI is InChI=1S/C11H23NO/c1-9-4-5-11(6-9,8-12)7-10(2)13-3/h9-10H,4-8,12H2,1-3H3. The molecular weight excluding hydrogens is 162 g/mol. The first-order chi connectivity index (χ1) is 6.12. The summed E-state index contributed by atoms with van der Waals surface area (Å²) in [6.45, 7) is 5.29. The fourth-order valence-electron chi connectivity index (χ4n) is 2.64. The van der Waals surface area contributed by atoms with E-state index in [4.69, 9.17) is 10.5 Å². The second-order valence-corrected chi connectivity index (χ2v) is 4.80. The molecule has 0 heterocycles. The lowest BCUT2D eigenvalue weighted by Gasteiger charge is -2.30. The van der Waals surface area contributed by atoms with Gasteiger partial charge in [-0.15, -0.1) is 0 Å². The third-order valence-electron chi connectivity index (χ3n) is 3.50. The van der Waals surface area contributed by atoms with E-state index in [0.29, 0.717) is 11.5 Å². The molecule has 0 saturated heterocycles. The van der Waals surface area contributed by atoms with Crippen molar-refractivity contribution < 1.29 is 4.74 Å². The molecule has 1 aliphatic rings. The molecule has 0 aromatic rings. The van der Waals surface area contributed by atoms with Crippen LogP contribution in [0.15, 0.2) is 0 Å². The largest absolute Gasteiger partial charge is 0.382 e. The first-order valence-corrected chi connectivity index (χ1v) is 5.35. The van der Waals surface area contributed by atoms with Gasteiger partial charge in [-0.3, -0.25) is 0 Å². The summed E-state index contributed by atoms with van der Waals surface area (Å²) in [5.41, 5.74) is 6.26. The highest BCUT2D eigenvalue weighted by Gasteiger charge is 2.37. The van der Waals surface area contributed by atoms with Crippen LogP contribution in [0, 0.1) is 11.3 Å². The molecule has 2 N–H and O–H groups in total. The van der Waals surface area contributed by atoms with Crippen LogP contribution in [0.25, 0.3) is 0 Å². The van der Waals surface area contributed by atoms with Gasteiger partial charge in [-0.25, -0.2) is 0 Å². The Morgan fingerprint density at radius 3 is 2.69 bits per heavy atom. The molecule has 1 saturated carbocycles. The molecule has 0 bridgehead atoms. The van der Waals surface area contributed by atoms with Crippen LogP contribution in [0.4, 0.5) is 0 Å². The minimum atomic E-state index is 0.355. The summed E-state index contributed by atoms with van der Waals surface area (Å²) in [4.78, 5) is 0. The van der Waals surface area contributed by atoms with Crippen LogP contribution in [0.1, 0.15) is 39.5 Å². The zero-order valence-corrected chi connectivity index (χ0v) is 9.18. The van der Waals surface area contributed by atoms with E-state index in [1.54, 1.807) is 7.11 Å². The van der Waals surface area contributed by atoms with Crippen LogP contribution >= 0.6 is 0 Å². The third kappa shape index (κ3) is 2.68. The summed E-state index contributed by atoms with van der Waals surface area (Å²) < 4.78 is 5.32. The summed E-state index contributed by atoms with van der Waals surface area (Å²) in [5.74, 6) is 0.854. The minimum Gasteiger partial charge on any atom is -0.382 e. The van der Waals surface area contributed by atoms with E-state index in [1.165, 1.54) is 19.3 Å². The number of rotatable bonds is 4. The van der Waals surface area contributed by atoms with Gasteiger partial charge in [-0.05, 0) is 44.1 Å². The Labute approximate surface area is 81.8 Å². The van der Waals surface area contributed by atoms with E-state index < -0.39 is 0 Å². The molecule has 1 rings (SSSR count). The normalized spacial score (nSPS) is 36.5. The third-order valence-corrected chi connectivity index (χ3v) is 3.50. The molecule has 0 aliphatic heterocycles. The van der Waals surface area contributed by atoms with E-state index in [0.717, 1.165) is 18.9 Å². The van der Waals surface area contributed by atoms with Crippen molar-refractivity contribution >= 4 is 0 Å². The van der Waals surface area contributed by atoms with Gasteiger partial charge >= 0.3 is 0 Å². The molecular formula is C11H23NO. The smallest absolute Gasteiger partial charge is 0.0549 e. The summed E-state index contributed by atoms with van der Waals surface area (Å²) in [5, 5.41) is 0. The molecule has 0 amide bonds. The number of methoxy groups -OCH3 is 1. The Hall–Kier alpha value is -0.0800. The van der Waals surface area contributed by atoms with Crippen molar-refractivity contribution in [1.29, 1.82) is 0 Å². The average Bonchev–Trinajstić information content (AvgIpc) is 2.48. The molecule has 1 fully saturated rings. The van der Waals surface area contributed by atoms with Crippen LogP contribution in [-0.2, 0) is 4.74 Å². The zero-order chi connectivity index (χ0) is 9.90. The maximum atomic E-state index is 5.88. The molecule has 0 spiro atoms. The Morgan fingerprint density at radius 1 is 1.62 bits per heavy atom. The quantitative estimate of drug-likeness (QED) is 0.728. The van der Waals surface area contributed by atoms with Gasteiger partial charge in [-0.2, -0.15) is 0 Å². The molecule has 3 unspecified atom stereocenters. The summed E-state index contributed by atoms with van der Waals surface area (Å²) >= 11 is 0. The highest BCUT2D eigenvalue weighted by atomic mass is 16.5. The maximum absolute atomic E-state index is 5.88. The van der Waals surface area contributed by atoms with Crippen molar-refractivity contribution in [2.45, 2.75) is 45.6 Å². The summed E-state index contributed by atoms with van der Waals surface area (Å²) in [6.07, 6.45) is 5.40. The molecule has 0 radical (unpaired) electrons. The first kappa shape index (κ1) is 11.0. The van der Waals surface area contributed by atoms with Gasteiger partial charge in [0.1, 0.15) is 0 Å². The molecule has 2 nitrogen and oxygen atoms in total. The predicted octanol–water partition coefficient (Wildman–Crippen LogP) is 2.18. The zero-order valence-electron chi connectivity index (χ0n) is 9.18. The van der Waals surface area contributed by atoms with Crippen molar-refractivity contribution in [3.05, 3.63) is 0 Å². The summed E-state index contributed by atoms with van der Waals surface area (Å²) in [7, 11) is 1.78. The van der Waals surface area contributed by atoms with Gasteiger partial charge in [0.25, 0.3) is 0 Å². The molecule has 3 atom stereocenters. The van der Waals surface area contributed by atoms with Crippen LogP contribution in [0.2, 0.25) is 0 Å². The van der Waals surface area contributed by atoms with Gasteiger partial charge in [0.2, 0.25) is 0 Å². The number of hydrogen-bond donors (Lipinski definition) is 1. The Morgan fingerprint density at radius 2 is 2.31 bits per heavy atom. The second kappa shape index (κ2) is 4.43. The van der Waals surface area contributed by atoms with Crippen molar-refractivity contribution in [2.75, 3.05) is 13.7 Å². The number of hydrogen-bond acceptors (Lipinski definition) is 2. The van der Waals surface area contributed by atoms with Crippen molar-refractivity contribution in [2.24, 2.45) is 17.1 Å². The van der Waals surface area contributed by atoms with Crippen LogP contribution < -0.4 is 5.73 Å². The maximum Gasteiger partial charge on any atom is 0.0549 e. The van der Waals surface area contributed by atoms with E-state index >= 15 is 0 Å². The number of ether oxygens (including phenoxy) is 1. The van der Waals surface area contributed by atoms with Gasteiger partial charge in [0.15, 0.2) is 0 Å². The molecule has 0 aromatic carbocycles. The van der Waals surface area contributed by atoms with Crippen LogP contribution in [0.5, 0.6) is 0 Å². The van der Waals surface area contributed by atoms with Gasteiger partial charge < -0.3 is 10.5 Å². The van der Waals surface area contributed by atoms with Gasteiger partial charge in [0, 0.05) is 7.11 Å². The fourth-order valence-corrected chi connectivity index (χ4v) is 2.64. The molecule has 1 aliphatic carbocycles. The highest BCUT2D eigenvalue weighted by molar-refractivity contribution is 4.89. The monoisotopic (exact) mass is 185 g/mol. The van der Waals surface area contributed by atoms with Gasteiger partial charge in [0.05, 0.1) is 6.10 Å². The van der Waals surface area contributed by atoms with Crippen molar-refractivity contribution in [3.63, 3.8) is 0 Å². The van der Waals surface area contributed by atoms with E-state index in [9.17, 15) is 0 Å². The van der Waals surface area contributed by atoms with Crippen LogP contribution in [0.3, 0.4) is 0 Å². The molecule has 78 valence electrons. The van der Waals surface area contributed by atoms with Gasteiger partial charge in [-0.1, -0.05) is 13.3 Å². The lowest BCUT2D eigenvalue weighted by molar-refractivity contribution is 0.0670. The van der Waals surface area contributed by atoms with E-state index in [2.05, 4.69) is 13.8 Å². The number of nitrogens with two attached hydrogens (primary N) is 1. The first-order valence-electron chi connectivity index (χ1n) is 5.35. The SMILES string of the molecule is COC(C)CC1(CN)CCC(C)C1. The Kier molecular flexibility index (Phi) is 3.74. The topological polar surface area (TPSA) is 35.2 Å². The summed E-state index contributed by atoms with van der Waals surface area (Å²) in [6, 6.07) is 0. The second-order valence-electron chi connectivity index (χ2n) is 4.80. The van der Waals surface area contributed by atoms with Crippen molar-refractivity contribution in [1.82, 2.24) is 0 Å². The predicted molar refractivity (Wildman–Crippen MR) is 55.6 cm³/mol. The Bertz CT molecular complexity index is 160. The lowest BCUT2D eigenvalue weighted by Crippen LogP contribution is -2.31. The van der Waals surface area contributed by atoms with E-state index in [1.807, 2.05) is 0 Å². The Balaban J connectivity index is 2.50. The molecule has 2 heteroatoms. The van der Waals surface area contributed by atoms with Crippen molar-refractivity contribution in [3.8, 4) is 0 Å². The lowest BCUT2D eigenvalue weighted by atomic mass is 9.80. The van der Waals surface area contributed by atoms with E-state index in [-0.39, 0.29) is 0 Å². The minimum absolute atomic E-state index is 0.355.